The van der Waals surface area contributed by atoms with Crippen LogP contribution in [-0.2, 0) is 6.42 Å². The smallest absolute Gasteiger partial charge is 0.354 e. The van der Waals surface area contributed by atoms with Gasteiger partial charge in [0, 0.05) is 19.2 Å². The molecule has 0 fully saturated rings. The van der Waals surface area contributed by atoms with Crippen LogP contribution in [0.3, 0.4) is 0 Å². The molecule has 24 heavy (non-hydrogen) atoms. The molecule has 8 nitrogen and oxygen atoms in total. The van der Waals surface area contributed by atoms with Crippen LogP contribution in [0, 0.1) is 0 Å². The number of aromatic carboxylic acids is 1. The third-order valence-corrected chi connectivity index (χ3v) is 3.45. The van der Waals surface area contributed by atoms with Crippen molar-refractivity contribution in [3.05, 3.63) is 59.8 Å². The Bertz CT molecular complexity index is 890. The van der Waals surface area contributed by atoms with Gasteiger partial charge >= 0.3 is 5.97 Å². The van der Waals surface area contributed by atoms with Crippen molar-refractivity contribution in [1.82, 2.24) is 24.9 Å². The number of nitrogens with one attached hydrogen (secondary N) is 1. The third kappa shape index (κ3) is 3.37. The van der Waals surface area contributed by atoms with E-state index < -0.39 is 11.9 Å². The first kappa shape index (κ1) is 15.6. The van der Waals surface area contributed by atoms with Gasteiger partial charge < -0.3 is 10.4 Å². The van der Waals surface area contributed by atoms with Gasteiger partial charge in [0.1, 0.15) is 17.2 Å². The molecule has 0 atom stereocenters. The molecule has 3 aromatic rings. The van der Waals surface area contributed by atoms with E-state index in [1.54, 1.807) is 0 Å². The summed E-state index contributed by atoms with van der Waals surface area (Å²) >= 11 is 0. The second-order valence-corrected chi connectivity index (χ2v) is 5.12. The van der Waals surface area contributed by atoms with Crippen LogP contribution < -0.4 is 5.32 Å². The summed E-state index contributed by atoms with van der Waals surface area (Å²) in [6.07, 6.45) is 3.23. The van der Waals surface area contributed by atoms with Crippen molar-refractivity contribution < 1.29 is 14.7 Å². The maximum atomic E-state index is 12.0. The van der Waals surface area contributed by atoms with Gasteiger partial charge in [0.2, 0.25) is 0 Å². The maximum absolute atomic E-state index is 12.0. The van der Waals surface area contributed by atoms with E-state index in [-0.39, 0.29) is 11.4 Å². The maximum Gasteiger partial charge on any atom is 0.354 e. The van der Waals surface area contributed by atoms with Crippen LogP contribution in [0.5, 0.6) is 0 Å². The van der Waals surface area contributed by atoms with Crippen LogP contribution in [0.1, 0.15) is 33.2 Å². The SMILES string of the molecule is O=C(O)c1cccc(C(=O)NCCCc2nnc3ccccn23)n1. The van der Waals surface area contributed by atoms with Crippen molar-refractivity contribution in [2.75, 3.05) is 6.54 Å². The zero-order chi connectivity index (χ0) is 16.9. The molecule has 3 aromatic heterocycles. The average molecular weight is 325 g/mol. The number of hydrogen-bond donors (Lipinski definition) is 2. The van der Waals surface area contributed by atoms with Gasteiger partial charge in [-0.1, -0.05) is 12.1 Å². The summed E-state index contributed by atoms with van der Waals surface area (Å²) in [5, 5.41) is 19.8. The fourth-order valence-electron chi connectivity index (χ4n) is 2.28. The lowest BCUT2D eigenvalue weighted by molar-refractivity contribution is 0.0690. The molecule has 0 saturated carbocycles. The van der Waals surface area contributed by atoms with Crippen molar-refractivity contribution in [3.8, 4) is 0 Å². The average Bonchev–Trinajstić information content (AvgIpc) is 3.02. The van der Waals surface area contributed by atoms with Crippen molar-refractivity contribution in [2.45, 2.75) is 12.8 Å². The normalized spacial score (nSPS) is 10.7. The molecule has 3 rings (SSSR count). The van der Waals surface area contributed by atoms with Gasteiger partial charge in [-0.2, -0.15) is 0 Å². The number of nitrogens with zero attached hydrogens (tertiary/aromatic N) is 4. The van der Waals surface area contributed by atoms with Crippen molar-refractivity contribution >= 4 is 17.5 Å². The number of hydrogen-bond acceptors (Lipinski definition) is 5. The van der Waals surface area contributed by atoms with E-state index in [9.17, 15) is 9.59 Å². The summed E-state index contributed by atoms with van der Waals surface area (Å²) in [5.41, 5.74) is 0.714. The molecular formula is C16H15N5O3. The minimum Gasteiger partial charge on any atom is -0.477 e. The minimum atomic E-state index is -1.16. The molecule has 0 aliphatic rings. The predicted octanol–water partition coefficient (Wildman–Crippen LogP) is 1.19. The highest BCUT2D eigenvalue weighted by Crippen LogP contribution is 2.05. The summed E-state index contributed by atoms with van der Waals surface area (Å²) in [6.45, 7) is 0.430. The molecule has 2 N–H and O–H groups in total. The lowest BCUT2D eigenvalue weighted by Crippen LogP contribution is -2.26. The van der Waals surface area contributed by atoms with Gasteiger partial charge in [0.05, 0.1) is 0 Å². The largest absolute Gasteiger partial charge is 0.477 e. The molecule has 0 bridgehead atoms. The number of aryl methyl sites for hydroxylation is 1. The Kier molecular flexibility index (Phi) is 4.46. The molecule has 0 aromatic carbocycles. The lowest BCUT2D eigenvalue weighted by Gasteiger charge is -2.05. The quantitative estimate of drug-likeness (QED) is 0.659. The number of carboxylic acid groups (broad SMARTS) is 1. The second-order valence-electron chi connectivity index (χ2n) is 5.12. The number of rotatable bonds is 6. The van der Waals surface area contributed by atoms with E-state index in [1.807, 2.05) is 28.8 Å². The highest BCUT2D eigenvalue weighted by Gasteiger charge is 2.11. The van der Waals surface area contributed by atoms with Gasteiger partial charge in [-0.25, -0.2) is 9.78 Å². The van der Waals surface area contributed by atoms with Crippen molar-refractivity contribution in [2.24, 2.45) is 0 Å². The number of pyridine rings is 2. The van der Waals surface area contributed by atoms with Crippen LogP contribution in [0.25, 0.3) is 5.65 Å². The summed E-state index contributed by atoms with van der Waals surface area (Å²) in [6, 6.07) is 9.99. The fraction of sp³-hybridized carbons (Fsp3) is 0.188. The molecule has 122 valence electrons. The Hall–Kier alpha value is -3.29. The zero-order valence-corrected chi connectivity index (χ0v) is 12.7. The van der Waals surface area contributed by atoms with Crippen molar-refractivity contribution in [3.63, 3.8) is 0 Å². The van der Waals surface area contributed by atoms with E-state index in [4.69, 9.17) is 5.11 Å². The highest BCUT2D eigenvalue weighted by atomic mass is 16.4. The molecule has 0 aliphatic carbocycles. The second kappa shape index (κ2) is 6.86. The molecule has 0 radical (unpaired) electrons. The van der Waals surface area contributed by atoms with Gasteiger partial charge in [0.25, 0.3) is 5.91 Å². The Morgan fingerprint density at radius 2 is 1.92 bits per heavy atom. The Morgan fingerprint density at radius 1 is 1.08 bits per heavy atom. The van der Waals surface area contributed by atoms with Gasteiger partial charge in [-0.15, -0.1) is 10.2 Å². The Morgan fingerprint density at radius 3 is 2.75 bits per heavy atom. The number of carboxylic acids is 1. The summed E-state index contributed by atoms with van der Waals surface area (Å²) in [7, 11) is 0. The van der Waals surface area contributed by atoms with Gasteiger partial charge in [0.15, 0.2) is 5.65 Å². The first-order valence-electron chi connectivity index (χ1n) is 7.42. The van der Waals surface area contributed by atoms with E-state index in [1.165, 1.54) is 18.2 Å². The van der Waals surface area contributed by atoms with Crippen LogP contribution in [0.2, 0.25) is 0 Å². The van der Waals surface area contributed by atoms with E-state index in [0.29, 0.717) is 19.4 Å². The zero-order valence-electron chi connectivity index (χ0n) is 12.7. The predicted molar refractivity (Wildman–Crippen MR) is 84.8 cm³/mol. The number of carbonyl (C=O) groups is 2. The molecule has 0 spiro atoms. The van der Waals surface area contributed by atoms with Crippen LogP contribution in [0.15, 0.2) is 42.6 Å². The summed E-state index contributed by atoms with van der Waals surface area (Å²) < 4.78 is 1.90. The number of amides is 1. The third-order valence-electron chi connectivity index (χ3n) is 3.45. The minimum absolute atomic E-state index is 0.0860. The topological polar surface area (TPSA) is 109 Å². The lowest BCUT2D eigenvalue weighted by atomic mass is 10.2. The molecule has 0 aliphatic heterocycles. The Labute approximate surface area is 137 Å². The van der Waals surface area contributed by atoms with Crippen LogP contribution in [-0.4, -0.2) is 43.1 Å². The molecule has 1 amide bonds. The number of aromatic nitrogens is 4. The van der Waals surface area contributed by atoms with E-state index in [2.05, 4.69) is 20.5 Å². The molecular weight excluding hydrogens is 310 g/mol. The monoisotopic (exact) mass is 325 g/mol. The van der Waals surface area contributed by atoms with Crippen LogP contribution in [0.4, 0.5) is 0 Å². The standard InChI is InChI=1S/C16H15N5O3/c22-15(11-5-3-6-12(18-11)16(23)24)17-9-4-8-14-20-19-13-7-1-2-10-21(13)14/h1-3,5-7,10H,4,8-9H2,(H,17,22)(H,23,24). The first-order valence-corrected chi connectivity index (χ1v) is 7.42. The van der Waals surface area contributed by atoms with Crippen LogP contribution >= 0.6 is 0 Å². The number of fused-ring (bicyclic) bond motifs is 1. The van der Waals surface area contributed by atoms with E-state index in [0.717, 1.165) is 11.5 Å². The highest BCUT2D eigenvalue weighted by molar-refractivity contribution is 5.94. The number of carbonyl (C=O) groups excluding carboxylic acids is 1. The summed E-state index contributed by atoms with van der Waals surface area (Å²) in [5.74, 6) is -0.738. The molecule has 8 heteroatoms. The molecule has 3 heterocycles. The van der Waals surface area contributed by atoms with E-state index >= 15 is 0 Å². The van der Waals surface area contributed by atoms with Gasteiger partial charge in [-0.05, 0) is 30.7 Å². The molecule has 0 unspecified atom stereocenters. The Balaban J connectivity index is 1.54. The summed E-state index contributed by atoms with van der Waals surface area (Å²) in [4.78, 5) is 26.7. The first-order chi connectivity index (χ1) is 11.6. The molecule has 0 saturated heterocycles. The van der Waals surface area contributed by atoms with Crippen molar-refractivity contribution in [1.29, 1.82) is 0 Å². The van der Waals surface area contributed by atoms with Gasteiger partial charge in [-0.3, -0.25) is 9.20 Å². The fourth-order valence-corrected chi connectivity index (χ4v) is 2.28.